The molecule has 3 atom stereocenters. The summed E-state index contributed by atoms with van der Waals surface area (Å²) in [6.45, 7) is 5.76. The highest BCUT2D eigenvalue weighted by Gasteiger charge is 2.29. The van der Waals surface area contributed by atoms with Gasteiger partial charge in [-0.05, 0) is 31.4 Å². The Morgan fingerprint density at radius 2 is 2.14 bits per heavy atom. The predicted molar refractivity (Wildman–Crippen MR) is 88.3 cm³/mol. The van der Waals surface area contributed by atoms with Crippen LogP contribution in [0, 0.1) is 5.92 Å². The number of thiophene rings is 1. The molecule has 4 nitrogen and oxygen atoms in total. The summed E-state index contributed by atoms with van der Waals surface area (Å²) in [6.07, 6.45) is 4.09. The molecule has 0 aliphatic carbocycles. The van der Waals surface area contributed by atoms with Gasteiger partial charge in [0.05, 0.1) is 16.5 Å². The van der Waals surface area contributed by atoms with Crippen molar-refractivity contribution in [1.29, 1.82) is 0 Å². The number of rotatable bonds is 8. The molecule has 0 amide bonds. The largest absolute Gasteiger partial charge is 0.391 e. The smallest absolute Gasteiger partial charge is 0.250 e. The molecule has 2 unspecified atom stereocenters. The normalized spacial score (nSPS) is 17.0. The summed E-state index contributed by atoms with van der Waals surface area (Å²) in [5.74, 6) is 0.0236. The van der Waals surface area contributed by atoms with Crippen molar-refractivity contribution in [1.82, 2.24) is 4.72 Å². The van der Waals surface area contributed by atoms with Crippen molar-refractivity contribution in [3.63, 3.8) is 0 Å². The molecule has 0 aliphatic heterocycles. The highest BCUT2D eigenvalue weighted by Crippen LogP contribution is 2.26. The number of hydrogen-bond acceptors (Lipinski definition) is 4. The number of aliphatic hydroxyl groups excluding tert-OH is 1. The molecule has 120 valence electrons. The lowest BCUT2D eigenvalue weighted by Crippen LogP contribution is -2.47. The standard InChI is InChI=1S/C14H22ClNO3S2/c1-4-6-7-11(17)14(10(3)5-2)16-21(18,19)13-9-8-12(15)20-13/h4,6,8-11,14,16-17H,5,7H2,1-3H3/b6-4+/t10-,11?,14?/m0/s1. The van der Waals surface area contributed by atoms with Gasteiger partial charge in [0.1, 0.15) is 4.21 Å². The Morgan fingerprint density at radius 1 is 1.48 bits per heavy atom. The third kappa shape index (κ3) is 5.38. The third-order valence-electron chi connectivity index (χ3n) is 3.39. The van der Waals surface area contributed by atoms with Crippen molar-refractivity contribution in [2.24, 2.45) is 5.92 Å². The first kappa shape index (κ1) is 18.6. The van der Waals surface area contributed by atoms with Crippen LogP contribution in [0.5, 0.6) is 0 Å². The summed E-state index contributed by atoms with van der Waals surface area (Å²) in [5.41, 5.74) is 0. The van der Waals surface area contributed by atoms with E-state index in [2.05, 4.69) is 4.72 Å². The molecule has 1 aromatic heterocycles. The molecule has 0 aliphatic rings. The van der Waals surface area contributed by atoms with Crippen LogP contribution in [-0.4, -0.2) is 25.7 Å². The lowest BCUT2D eigenvalue weighted by molar-refractivity contribution is 0.114. The molecule has 0 bridgehead atoms. The van der Waals surface area contributed by atoms with Crippen molar-refractivity contribution in [3.8, 4) is 0 Å². The summed E-state index contributed by atoms with van der Waals surface area (Å²) in [4.78, 5) is 0. The van der Waals surface area contributed by atoms with Crippen molar-refractivity contribution < 1.29 is 13.5 Å². The Bertz CT molecular complexity index is 569. The number of sulfonamides is 1. The number of aliphatic hydroxyl groups is 1. The minimum absolute atomic E-state index is 0.0236. The van der Waals surface area contributed by atoms with Crippen molar-refractivity contribution >= 4 is 33.0 Å². The average molecular weight is 352 g/mol. The zero-order valence-electron chi connectivity index (χ0n) is 12.4. The molecule has 0 radical (unpaired) electrons. The second-order valence-electron chi connectivity index (χ2n) is 4.96. The van der Waals surface area contributed by atoms with Gasteiger partial charge in [0.25, 0.3) is 0 Å². The molecular formula is C14H22ClNO3S2. The third-order valence-corrected chi connectivity index (χ3v) is 6.57. The molecule has 0 saturated carbocycles. The van der Waals surface area contributed by atoms with E-state index < -0.39 is 22.2 Å². The summed E-state index contributed by atoms with van der Waals surface area (Å²) >= 11 is 6.80. The minimum Gasteiger partial charge on any atom is -0.391 e. The second kappa shape index (κ2) is 8.29. The van der Waals surface area contributed by atoms with Gasteiger partial charge in [-0.1, -0.05) is 44.0 Å². The van der Waals surface area contributed by atoms with Crippen LogP contribution in [0.3, 0.4) is 0 Å². The topological polar surface area (TPSA) is 66.4 Å². The fraction of sp³-hybridized carbons (Fsp3) is 0.571. The maximum absolute atomic E-state index is 12.4. The van der Waals surface area contributed by atoms with Gasteiger partial charge in [0.15, 0.2) is 0 Å². The van der Waals surface area contributed by atoms with Gasteiger partial charge in [-0.2, -0.15) is 0 Å². The van der Waals surface area contributed by atoms with E-state index >= 15 is 0 Å². The van der Waals surface area contributed by atoms with Crippen LogP contribution < -0.4 is 4.72 Å². The molecule has 1 heterocycles. The molecule has 0 aromatic carbocycles. The SMILES string of the molecule is C/C=C/CC(O)C(NS(=O)(=O)c1ccc(Cl)s1)[C@@H](C)CC. The molecule has 1 rings (SSSR count). The number of hydrogen-bond donors (Lipinski definition) is 2. The fourth-order valence-electron chi connectivity index (χ4n) is 1.93. The van der Waals surface area contributed by atoms with Crippen LogP contribution in [0.25, 0.3) is 0 Å². The van der Waals surface area contributed by atoms with E-state index in [1.165, 1.54) is 6.07 Å². The second-order valence-corrected chi connectivity index (χ2v) is 8.62. The summed E-state index contributed by atoms with van der Waals surface area (Å²) in [6, 6.07) is 2.49. The van der Waals surface area contributed by atoms with Gasteiger partial charge in [-0.25, -0.2) is 13.1 Å². The van der Waals surface area contributed by atoms with Gasteiger partial charge >= 0.3 is 0 Å². The maximum Gasteiger partial charge on any atom is 0.250 e. The van der Waals surface area contributed by atoms with Gasteiger partial charge < -0.3 is 5.11 Å². The van der Waals surface area contributed by atoms with Gasteiger partial charge in [-0.3, -0.25) is 0 Å². The molecule has 2 N–H and O–H groups in total. The number of nitrogens with one attached hydrogen (secondary N) is 1. The molecule has 21 heavy (non-hydrogen) atoms. The summed E-state index contributed by atoms with van der Waals surface area (Å²) < 4.78 is 27.9. The van der Waals surface area contributed by atoms with Crippen LogP contribution in [-0.2, 0) is 10.0 Å². The first-order valence-electron chi connectivity index (χ1n) is 6.88. The van der Waals surface area contributed by atoms with E-state index in [1.807, 2.05) is 32.9 Å². The van der Waals surface area contributed by atoms with Crippen molar-refractivity contribution in [2.75, 3.05) is 0 Å². The van der Waals surface area contributed by atoms with Gasteiger partial charge in [0.2, 0.25) is 10.0 Å². The number of allylic oxidation sites excluding steroid dienone is 1. The predicted octanol–water partition coefficient (Wildman–Crippen LogP) is 3.42. The zero-order chi connectivity index (χ0) is 16.0. The van der Waals surface area contributed by atoms with Crippen molar-refractivity contribution in [3.05, 3.63) is 28.6 Å². The lowest BCUT2D eigenvalue weighted by Gasteiger charge is -2.28. The van der Waals surface area contributed by atoms with Crippen LogP contribution in [0.15, 0.2) is 28.5 Å². The summed E-state index contributed by atoms with van der Waals surface area (Å²) in [5, 5.41) is 10.3. The Kier molecular flexibility index (Phi) is 7.36. The molecule has 0 fully saturated rings. The average Bonchev–Trinajstić information content (AvgIpc) is 2.88. The monoisotopic (exact) mass is 351 g/mol. The van der Waals surface area contributed by atoms with Crippen LogP contribution >= 0.6 is 22.9 Å². The minimum atomic E-state index is -3.66. The molecule has 0 saturated heterocycles. The maximum atomic E-state index is 12.4. The Balaban J connectivity index is 2.95. The van der Waals surface area contributed by atoms with Crippen molar-refractivity contribution in [2.45, 2.75) is 50.0 Å². The molecule has 0 spiro atoms. The quantitative estimate of drug-likeness (QED) is 0.705. The Labute approximate surface area is 135 Å². The first-order valence-corrected chi connectivity index (χ1v) is 9.56. The molecular weight excluding hydrogens is 330 g/mol. The molecule has 7 heteroatoms. The highest BCUT2D eigenvalue weighted by atomic mass is 35.5. The van der Waals surface area contributed by atoms with Gasteiger partial charge in [-0.15, -0.1) is 11.3 Å². The number of halogens is 1. The highest BCUT2D eigenvalue weighted by molar-refractivity contribution is 7.91. The van der Waals surface area contributed by atoms with E-state index in [4.69, 9.17) is 11.6 Å². The Hall–Kier alpha value is -0.400. The van der Waals surface area contributed by atoms with E-state index in [9.17, 15) is 13.5 Å². The molecule has 1 aromatic rings. The first-order chi connectivity index (χ1) is 9.81. The lowest BCUT2D eigenvalue weighted by atomic mass is 9.93. The van der Waals surface area contributed by atoms with E-state index in [-0.39, 0.29) is 10.1 Å². The van der Waals surface area contributed by atoms with E-state index in [0.717, 1.165) is 17.8 Å². The van der Waals surface area contributed by atoms with E-state index in [1.54, 1.807) is 6.07 Å². The zero-order valence-corrected chi connectivity index (χ0v) is 14.8. The van der Waals surface area contributed by atoms with E-state index in [0.29, 0.717) is 10.8 Å². The fourth-order valence-corrected chi connectivity index (χ4v) is 4.81. The summed E-state index contributed by atoms with van der Waals surface area (Å²) in [7, 11) is -3.66. The van der Waals surface area contributed by atoms with Crippen LogP contribution in [0.1, 0.15) is 33.6 Å². The van der Waals surface area contributed by atoms with Crippen LogP contribution in [0.2, 0.25) is 4.34 Å². The van der Waals surface area contributed by atoms with Gasteiger partial charge in [0, 0.05) is 0 Å². The van der Waals surface area contributed by atoms with Crippen LogP contribution in [0.4, 0.5) is 0 Å². The Morgan fingerprint density at radius 3 is 2.62 bits per heavy atom.